The Hall–Kier alpha value is -3.33. The molecule has 2 N–H and O–H groups in total. The number of carbonyl (C=O) groups is 1. The van der Waals surface area contributed by atoms with E-state index < -0.39 is 0 Å². The molecule has 0 spiro atoms. The molecule has 1 aromatic heterocycles. The number of benzene rings is 1. The second-order valence-corrected chi connectivity index (χ2v) is 10.7. The number of hydrogen-bond acceptors (Lipinski definition) is 8. The summed E-state index contributed by atoms with van der Waals surface area (Å²) < 4.78 is 5.78. The molecule has 1 amide bonds. The Morgan fingerprint density at radius 1 is 1.19 bits per heavy atom. The lowest BCUT2D eigenvalue weighted by atomic mass is 9.90. The molecule has 1 aromatic carbocycles. The molecular weight excluding hydrogens is 466 g/mol. The SMILES string of the molecule is C=CC(=O)Nc1cc(Nc2nccc(N3CCCCC3(C)C)n2)c(OC)cc1N1CCC(N(C)C)CC1. The number of nitrogens with one attached hydrogen (secondary N) is 2. The molecule has 0 unspecified atom stereocenters. The van der Waals surface area contributed by atoms with Gasteiger partial charge in [0, 0.05) is 43.5 Å². The molecule has 3 heterocycles. The third-order valence-electron chi connectivity index (χ3n) is 7.61. The van der Waals surface area contributed by atoms with Crippen molar-refractivity contribution in [2.75, 3.05) is 61.3 Å². The number of amides is 1. The van der Waals surface area contributed by atoms with Crippen molar-refractivity contribution in [3.05, 3.63) is 37.1 Å². The van der Waals surface area contributed by atoms with Crippen molar-refractivity contribution in [2.24, 2.45) is 0 Å². The molecule has 2 aliphatic heterocycles. The summed E-state index contributed by atoms with van der Waals surface area (Å²) >= 11 is 0. The van der Waals surface area contributed by atoms with Crippen LogP contribution in [0.25, 0.3) is 0 Å². The molecule has 2 aromatic rings. The van der Waals surface area contributed by atoms with Crippen LogP contribution in [0, 0.1) is 0 Å². The van der Waals surface area contributed by atoms with Gasteiger partial charge in [-0.05, 0) is 78.3 Å². The van der Waals surface area contributed by atoms with Gasteiger partial charge >= 0.3 is 0 Å². The maximum Gasteiger partial charge on any atom is 0.247 e. The number of carbonyl (C=O) groups excluding carboxylic acids is 1. The van der Waals surface area contributed by atoms with E-state index in [1.807, 2.05) is 18.2 Å². The Morgan fingerprint density at radius 2 is 1.95 bits per heavy atom. The van der Waals surface area contributed by atoms with E-state index in [-0.39, 0.29) is 11.4 Å². The lowest BCUT2D eigenvalue weighted by molar-refractivity contribution is -0.111. The fourth-order valence-electron chi connectivity index (χ4n) is 5.37. The highest BCUT2D eigenvalue weighted by atomic mass is 16.5. The first-order chi connectivity index (χ1) is 17.7. The third-order valence-corrected chi connectivity index (χ3v) is 7.61. The summed E-state index contributed by atoms with van der Waals surface area (Å²) in [5.41, 5.74) is 2.36. The van der Waals surface area contributed by atoms with E-state index in [4.69, 9.17) is 9.72 Å². The first-order valence-electron chi connectivity index (χ1n) is 13.2. The topological polar surface area (TPSA) is 85.9 Å². The average molecular weight is 508 g/mol. The van der Waals surface area contributed by atoms with Crippen LogP contribution >= 0.6 is 0 Å². The van der Waals surface area contributed by atoms with Crippen LogP contribution in [0.3, 0.4) is 0 Å². The minimum absolute atomic E-state index is 0.0470. The van der Waals surface area contributed by atoms with Gasteiger partial charge < -0.3 is 30.1 Å². The molecule has 0 radical (unpaired) electrons. The zero-order valence-electron chi connectivity index (χ0n) is 22.9. The number of anilines is 5. The summed E-state index contributed by atoms with van der Waals surface area (Å²) in [4.78, 5) is 28.6. The minimum Gasteiger partial charge on any atom is -0.494 e. The summed E-state index contributed by atoms with van der Waals surface area (Å²) in [6.07, 6.45) is 8.69. The molecule has 2 aliphatic rings. The second-order valence-electron chi connectivity index (χ2n) is 10.7. The maximum atomic E-state index is 12.3. The molecule has 200 valence electrons. The van der Waals surface area contributed by atoms with Crippen molar-refractivity contribution in [1.29, 1.82) is 0 Å². The van der Waals surface area contributed by atoms with Crippen molar-refractivity contribution in [3.8, 4) is 5.75 Å². The monoisotopic (exact) mass is 507 g/mol. The number of methoxy groups -OCH3 is 1. The lowest BCUT2D eigenvalue weighted by Crippen LogP contribution is -2.48. The average Bonchev–Trinajstić information content (AvgIpc) is 2.88. The van der Waals surface area contributed by atoms with Gasteiger partial charge in [-0.1, -0.05) is 6.58 Å². The summed E-state index contributed by atoms with van der Waals surface area (Å²) in [5, 5.41) is 6.33. The van der Waals surface area contributed by atoms with Gasteiger partial charge in [0.15, 0.2) is 0 Å². The van der Waals surface area contributed by atoms with E-state index in [2.05, 4.69) is 64.8 Å². The van der Waals surface area contributed by atoms with Crippen molar-refractivity contribution in [1.82, 2.24) is 14.9 Å². The predicted molar refractivity (Wildman–Crippen MR) is 151 cm³/mol. The molecule has 0 bridgehead atoms. The number of ether oxygens (including phenoxy) is 1. The van der Waals surface area contributed by atoms with Crippen LogP contribution < -0.4 is 25.2 Å². The molecular formula is C28H41N7O2. The van der Waals surface area contributed by atoms with Crippen LogP contribution in [0.4, 0.5) is 28.8 Å². The van der Waals surface area contributed by atoms with Gasteiger partial charge in [-0.2, -0.15) is 4.98 Å². The Kier molecular flexibility index (Phi) is 8.22. The summed E-state index contributed by atoms with van der Waals surface area (Å²) in [7, 11) is 5.91. The molecule has 0 aliphatic carbocycles. The number of piperidine rings is 2. The standard InChI is InChI=1S/C28H41N7O2/c1-7-26(36)30-21-18-22(24(37-6)19-23(21)34-16-11-20(12-17-34)33(4)5)31-27-29-14-10-25(32-27)35-15-9-8-13-28(35,2)3/h7,10,14,18-20H,1,8-9,11-13,15-17H2,2-6H3,(H,30,36)(H,29,31,32). The van der Waals surface area contributed by atoms with E-state index in [1.165, 1.54) is 12.5 Å². The third kappa shape index (κ3) is 6.15. The zero-order valence-corrected chi connectivity index (χ0v) is 22.9. The number of nitrogens with zero attached hydrogens (tertiary/aromatic N) is 5. The van der Waals surface area contributed by atoms with Gasteiger partial charge in [-0.3, -0.25) is 4.79 Å². The van der Waals surface area contributed by atoms with Crippen molar-refractivity contribution in [2.45, 2.75) is 57.5 Å². The lowest BCUT2D eigenvalue weighted by Gasteiger charge is -2.43. The Bertz CT molecular complexity index is 1110. The maximum absolute atomic E-state index is 12.3. The van der Waals surface area contributed by atoms with Crippen LogP contribution in [0.1, 0.15) is 46.0 Å². The minimum atomic E-state index is -0.258. The van der Waals surface area contributed by atoms with Crippen LogP contribution in [-0.2, 0) is 4.79 Å². The first kappa shape index (κ1) is 26.7. The van der Waals surface area contributed by atoms with Crippen molar-refractivity contribution in [3.63, 3.8) is 0 Å². The van der Waals surface area contributed by atoms with E-state index in [0.717, 1.165) is 56.8 Å². The summed E-state index contributed by atoms with van der Waals surface area (Å²) in [5.74, 6) is 1.79. The van der Waals surface area contributed by atoms with Gasteiger partial charge in [-0.15, -0.1) is 0 Å². The smallest absolute Gasteiger partial charge is 0.247 e. The Balaban J connectivity index is 1.64. The highest BCUT2D eigenvalue weighted by Gasteiger charge is 2.31. The molecule has 37 heavy (non-hydrogen) atoms. The number of rotatable bonds is 8. The number of aromatic nitrogens is 2. The summed E-state index contributed by atoms with van der Waals surface area (Å²) in [6, 6.07) is 6.40. The van der Waals surface area contributed by atoms with E-state index in [9.17, 15) is 4.79 Å². The van der Waals surface area contributed by atoms with Crippen molar-refractivity contribution >= 4 is 34.7 Å². The normalized spacial score (nSPS) is 18.0. The summed E-state index contributed by atoms with van der Waals surface area (Å²) in [6.45, 7) is 10.9. The van der Waals surface area contributed by atoms with Gasteiger partial charge in [0.2, 0.25) is 11.9 Å². The largest absolute Gasteiger partial charge is 0.494 e. The fourth-order valence-corrected chi connectivity index (χ4v) is 5.37. The fraction of sp³-hybridized carbons (Fsp3) is 0.536. The van der Waals surface area contributed by atoms with E-state index >= 15 is 0 Å². The van der Waals surface area contributed by atoms with Gasteiger partial charge in [0.05, 0.1) is 24.2 Å². The first-order valence-corrected chi connectivity index (χ1v) is 13.2. The Morgan fingerprint density at radius 3 is 2.59 bits per heavy atom. The Labute approximate surface area is 220 Å². The highest BCUT2D eigenvalue weighted by Crippen LogP contribution is 2.40. The second kappa shape index (κ2) is 11.4. The van der Waals surface area contributed by atoms with E-state index in [0.29, 0.717) is 29.1 Å². The molecule has 2 saturated heterocycles. The van der Waals surface area contributed by atoms with Gasteiger partial charge in [0.1, 0.15) is 11.6 Å². The molecule has 0 atom stereocenters. The quantitative estimate of drug-likeness (QED) is 0.500. The van der Waals surface area contributed by atoms with Crippen LogP contribution in [0.2, 0.25) is 0 Å². The molecule has 4 rings (SSSR count). The predicted octanol–water partition coefficient (Wildman–Crippen LogP) is 4.65. The van der Waals surface area contributed by atoms with Crippen LogP contribution in [-0.4, -0.2) is 73.2 Å². The molecule has 2 fully saturated rings. The van der Waals surface area contributed by atoms with E-state index in [1.54, 1.807) is 13.3 Å². The van der Waals surface area contributed by atoms with Gasteiger partial charge in [0.25, 0.3) is 0 Å². The van der Waals surface area contributed by atoms with Crippen LogP contribution in [0.15, 0.2) is 37.1 Å². The van der Waals surface area contributed by atoms with Gasteiger partial charge in [-0.25, -0.2) is 4.98 Å². The number of hydrogen-bond donors (Lipinski definition) is 2. The molecule has 9 nitrogen and oxygen atoms in total. The van der Waals surface area contributed by atoms with Crippen LogP contribution in [0.5, 0.6) is 5.75 Å². The van der Waals surface area contributed by atoms with Crippen molar-refractivity contribution < 1.29 is 9.53 Å². The molecule has 9 heteroatoms. The molecule has 0 saturated carbocycles. The highest BCUT2D eigenvalue weighted by molar-refractivity contribution is 6.02. The zero-order chi connectivity index (χ0) is 26.6.